The highest BCUT2D eigenvalue weighted by Crippen LogP contribution is 2.43. The number of para-hydroxylation sites is 2. The molecule has 0 atom stereocenters. The van der Waals surface area contributed by atoms with Gasteiger partial charge in [-0.1, -0.05) is 12.1 Å². The Hall–Kier alpha value is -4.08. The van der Waals surface area contributed by atoms with Crippen LogP contribution in [0.15, 0.2) is 59.0 Å². The van der Waals surface area contributed by atoms with Gasteiger partial charge in [-0.3, -0.25) is 0 Å². The molecule has 1 aliphatic heterocycles. The molecular weight excluding hydrogens is 492 g/mol. The molecule has 0 spiro atoms. The van der Waals surface area contributed by atoms with E-state index in [1.807, 2.05) is 47.9 Å². The Morgan fingerprint density at radius 2 is 0.921 bits per heavy atom. The summed E-state index contributed by atoms with van der Waals surface area (Å²) in [6.45, 7) is 11.5. The van der Waals surface area contributed by atoms with Crippen molar-refractivity contribution in [1.82, 2.24) is 0 Å². The minimum Gasteiger partial charge on any atom is -0.462 e. The predicted molar refractivity (Wildman–Crippen MR) is 142 cm³/mol. The third-order valence-corrected chi connectivity index (χ3v) is 5.45. The highest BCUT2D eigenvalue weighted by Gasteiger charge is 2.33. The Labute approximate surface area is 223 Å². The number of carbonyl (C=O) groups excluding carboxylic acids is 4. The molecule has 0 bridgehead atoms. The lowest BCUT2D eigenvalue weighted by molar-refractivity contribution is -0.148. The number of benzene rings is 1. The second-order valence-electron chi connectivity index (χ2n) is 7.75. The van der Waals surface area contributed by atoms with Gasteiger partial charge in [0, 0.05) is 18.7 Å². The Morgan fingerprint density at radius 3 is 1.18 bits per heavy atom. The molecule has 1 aromatic rings. The average Bonchev–Trinajstić information content (AvgIpc) is 3.22. The van der Waals surface area contributed by atoms with Crippen molar-refractivity contribution in [2.24, 2.45) is 0 Å². The summed E-state index contributed by atoms with van der Waals surface area (Å²) in [5.74, 6) is -3.03. The van der Waals surface area contributed by atoms with Crippen LogP contribution in [0.3, 0.4) is 0 Å². The average molecular weight is 529 g/mol. The van der Waals surface area contributed by atoms with E-state index in [1.165, 1.54) is 12.2 Å². The molecule has 206 valence electrons. The predicted octanol–water partition coefficient (Wildman–Crippen LogP) is 3.67. The number of anilines is 2. The van der Waals surface area contributed by atoms with Gasteiger partial charge in [-0.2, -0.15) is 0 Å². The first-order valence-electron chi connectivity index (χ1n) is 12.8. The minimum absolute atomic E-state index is 0.0296. The minimum atomic E-state index is -0.895. The summed E-state index contributed by atoms with van der Waals surface area (Å²) >= 11 is 0. The summed E-state index contributed by atoms with van der Waals surface area (Å²) in [7, 11) is 0. The number of nitrogens with zero attached hydrogens (tertiary/aromatic N) is 2. The van der Waals surface area contributed by atoms with Crippen molar-refractivity contribution in [2.75, 3.05) is 49.3 Å². The number of carbonyl (C=O) groups is 4. The lowest BCUT2D eigenvalue weighted by atomic mass is 10.1. The van der Waals surface area contributed by atoms with E-state index >= 15 is 0 Å². The third-order valence-electron chi connectivity index (χ3n) is 5.45. The summed E-state index contributed by atoms with van der Waals surface area (Å²) in [4.78, 5) is 55.3. The first kappa shape index (κ1) is 30.1. The molecule has 0 aliphatic carbocycles. The van der Waals surface area contributed by atoms with E-state index in [0.717, 1.165) is 11.4 Å². The van der Waals surface area contributed by atoms with E-state index in [2.05, 4.69) is 0 Å². The molecule has 2 rings (SSSR count). The van der Waals surface area contributed by atoms with Gasteiger partial charge in [0.25, 0.3) is 0 Å². The van der Waals surface area contributed by atoms with Gasteiger partial charge in [-0.05, 0) is 65.8 Å². The molecule has 0 aromatic heterocycles. The lowest BCUT2D eigenvalue weighted by Gasteiger charge is -2.26. The Balaban J connectivity index is 2.98. The molecule has 10 heteroatoms. The number of allylic oxidation sites excluding steroid dienone is 3. The topological polar surface area (TPSA) is 112 Å². The molecule has 1 aliphatic rings. The van der Waals surface area contributed by atoms with Gasteiger partial charge in [-0.25, -0.2) is 19.2 Å². The van der Waals surface area contributed by atoms with Gasteiger partial charge in [0.1, 0.15) is 17.0 Å². The molecule has 0 fully saturated rings. The van der Waals surface area contributed by atoms with E-state index in [-0.39, 0.29) is 43.1 Å². The quantitative estimate of drug-likeness (QED) is 0.131. The van der Waals surface area contributed by atoms with E-state index < -0.39 is 23.9 Å². The van der Waals surface area contributed by atoms with Crippen molar-refractivity contribution in [2.45, 2.75) is 41.5 Å². The number of fused-ring (bicyclic) bond motifs is 1. The fraction of sp³-hybridized carbons (Fsp3) is 0.429. The Kier molecular flexibility index (Phi) is 11.6. The molecule has 1 aromatic carbocycles. The van der Waals surface area contributed by atoms with Crippen LogP contribution in [-0.2, 0) is 38.1 Å². The molecule has 0 unspecified atom stereocenters. The maximum atomic E-state index is 12.8. The number of ether oxygens (including phenoxy) is 4. The molecule has 1 heterocycles. The van der Waals surface area contributed by atoms with Crippen LogP contribution < -0.4 is 9.80 Å². The summed E-state index contributed by atoms with van der Waals surface area (Å²) in [5, 5.41) is 0. The summed E-state index contributed by atoms with van der Waals surface area (Å²) in [5.41, 5.74) is 1.21. The SMILES string of the molecule is CCOC(=O)C(=CC(C=C(C(=O)OCC)C(=O)OCC)=C1N(CC)c2ccccc2N1CC)C(=O)OCC. The Bertz CT molecular complexity index is 1010. The van der Waals surface area contributed by atoms with Crippen LogP contribution in [-0.4, -0.2) is 63.4 Å². The first-order chi connectivity index (χ1) is 18.3. The van der Waals surface area contributed by atoms with Crippen LogP contribution in [0, 0.1) is 0 Å². The second-order valence-corrected chi connectivity index (χ2v) is 7.75. The molecule has 0 amide bonds. The normalized spacial score (nSPS) is 11.8. The smallest absolute Gasteiger partial charge is 0.345 e. The monoisotopic (exact) mass is 528 g/mol. The maximum Gasteiger partial charge on any atom is 0.345 e. The Morgan fingerprint density at radius 1 is 0.605 bits per heavy atom. The zero-order chi connectivity index (χ0) is 28.2. The molecule has 0 saturated carbocycles. The van der Waals surface area contributed by atoms with Gasteiger partial charge in [0.2, 0.25) is 0 Å². The van der Waals surface area contributed by atoms with E-state index in [9.17, 15) is 19.2 Å². The summed E-state index contributed by atoms with van der Waals surface area (Å²) in [6, 6.07) is 7.67. The second kappa shape index (κ2) is 14.6. The van der Waals surface area contributed by atoms with Crippen molar-refractivity contribution in [3.63, 3.8) is 0 Å². The molecule has 10 nitrogen and oxygen atoms in total. The zero-order valence-electron chi connectivity index (χ0n) is 22.9. The maximum absolute atomic E-state index is 12.8. The van der Waals surface area contributed by atoms with Crippen molar-refractivity contribution >= 4 is 35.3 Å². The van der Waals surface area contributed by atoms with Crippen LogP contribution in [0.2, 0.25) is 0 Å². The van der Waals surface area contributed by atoms with Crippen molar-refractivity contribution < 1.29 is 38.1 Å². The van der Waals surface area contributed by atoms with Crippen molar-refractivity contribution in [3.8, 4) is 0 Å². The van der Waals surface area contributed by atoms with Crippen LogP contribution >= 0.6 is 0 Å². The number of esters is 4. The van der Waals surface area contributed by atoms with E-state index in [0.29, 0.717) is 18.9 Å². The van der Waals surface area contributed by atoms with Gasteiger partial charge in [0.15, 0.2) is 0 Å². The zero-order valence-corrected chi connectivity index (χ0v) is 22.9. The van der Waals surface area contributed by atoms with Crippen molar-refractivity contribution in [3.05, 3.63) is 59.0 Å². The number of hydrogen-bond donors (Lipinski definition) is 0. The fourth-order valence-corrected chi connectivity index (χ4v) is 3.97. The first-order valence-corrected chi connectivity index (χ1v) is 12.8. The molecular formula is C28H36N2O8. The van der Waals surface area contributed by atoms with Crippen molar-refractivity contribution in [1.29, 1.82) is 0 Å². The van der Waals surface area contributed by atoms with Gasteiger partial charge in [0.05, 0.1) is 37.8 Å². The lowest BCUT2D eigenvalue weighted by Crippen LogP contribution is -2.30. The summed E-state index contributed by atoms with van der Waals surface area (Å²) in [6.07, 6.45) is 2.56. The number of rotatable bonds is 12. The molecule has 0 saturated heterocycles. The summed E-state index contributed by atoms with van der Waals surface area (Å²) < 4.78 is 20.5. The van der Waals surface area contributed by atoms with Gasteiger partial charge in [-0.15, -0.1) is 0 Å². The highest BCUT2D eigenvalue weighted by molar-refractivity contribution is 6.16. The van der Waals surface area contributed by atoms with Gasteiger partial charge < -0.3 is 28.7 Å². The number of hydrogen-bond acceptors (Lipinski definition) is 10. The van der Waals surface area contributed by atoms with Crippen LogP contribution in [0.5, 0.6) is 0 Å². The van der Waals surface area contributed by atoms with Gasteiger partial charge >= 0.3 is 23.9 Å². The third kappa shape index (κ3) is 6.81. The fourth-order valence-electron chi connectivity index (χ4n) is 3.97. The van der Waals surface area contributed by atoms with E-state index in [1.54, 1.807) is 27.7 Å². The van der Waals surface area contributed by atoms with Crippen LogP contribution in [0.25, 0.3) is 0 Å². The largest absolute Gasteiger partial charge is 0.462 e. The van der Waals surface area contributed by atoms with Crippen LogP contribution in [0.4, 0.5) is 11.4 Å². The molecule has 0 N–H and O–H groups in total. The molecule has 0 radical (unpaired) electrons. The van der Waals surface area contributed by atoms with E-state index in [4.69, 9.17) is 18.9 Å². The molecule has 38 heavy (non-hydrogen) atoms. The standard InChI is InChI=1S/C28H36N2O8/c1-7-29-22-15-13-14-16-23(22)30(8-2)24(29)19(17-20(25(31)35-9-3)26(32)36-10-4)18-21(27(33)37-11-5)28(34)38-12-6/h13-18H,7-12H2,1-6H3. The van der Waals surface area contributed by atoms with Crippen LogP contribution in [0.1, 0.15) is 41.5 Å². The highest BCUT2D eigenvalue weighted by atomic mass is 16.6.